The molecular formula is C10H30FNO. The Hall–Kier alpha value is -0.600. The average Bonchev–Trinajstić information content (AvgIpc) is 2.15. The summed E-state index contributed by atoms with van der Waals surface area (Å²) in [5.74, 6) is 0.00463. The van der Waals surface area contributed by atoms with Crippen LogP contribution in [0.25, 0.3) is 0 Å². The number of amides is 1. The molecule has 1 N–H and O–H groups in total. The van der Waals surface area contributed by atoms with Crippen molar-refractivity contribution in [3.8, 4) is 0 Å². The van der Waals surface area contributed by atoms with E-state index in [2.05, 4.69) is 5.32 Å². The standard InChI is InChI=1S/C3H7NO.3C2H6.CH4.FH/c1-3(5)4-2;3*1-2;;/h1-2H3,(H,4,5);3*1-2H3;1H4;1H. The second kappa shape index (κ2) is 107. The van der Waals surface area contributed by atoms with E-state index in [4.69, 9.17) is 0 Å². The van der Waals surface area contributed by atoms with Gasteiger partial charge >= 0.3 is 0 Å². The van der Waals surface area contributed by atoms with Crippen LogP contribution in [-0.4, -0.2) is 13.0 Å². The third-order valence-corrected chi connectivity index (χ3v) is 0.352. The fourth-order valence-electron chi connectivity index (χ4n) is 0. The number of nitrogens with one attached hydrogen (secondary N) is 1. The lowest BCUT2D eigenvalue weighted by molar-refractivity contribution is -0.118. The lowest BCUT2D eigenvalue weighted by atomic mass is 10.7. The quantitative estimate of drug-likeness (QED) is 0.634. The molecule has 0 saturated heterocycles. The first kappa shape index (κ1) is 39.3. The van der Waals surface area contributed by atoms with Crippen LogP contribution < -0.4 is 5.32 Å². The normalized spacial score (nSPS) is 4.00. The van der Waals surface area contributed by atoms with Crippen LogP contribution in [0.5, 0.6) is 0 Å². The maximum Gasteiger partial charge on any atom is 0.216 e. The second-order valence-electron chi connectivity index (χ2n) is 0.806. The molecule has 2 nitrogen and oxygen atoms in total. The van der Waals surface area contributed by atoms with Crippen molar-refractivity contribution in [1.82, 2.24) is 5.32 Å². The summed E-state index contributed by atoms with van der Waals surface area (Å²) < 4.78 is 0. The fourth-order valence-corrected chi connectivity index (χ4v) is 0. The molecule has 0 atom stereocenters. The first-order valence-corrected chi connectivity index (χ1v) is 4.45. The van der Waals surface area contributed by atoms with Crippen molar-refractivity contribution in [2.75, 3.05) is 7.05 Å². The zero-order chi connectivity index (χ0) is 10.3. The highest BCUT2D eigenvalue weighted by Gasteiger charge is 1.72. The highest BCUT2D eigenvalue weighted by Crippen LogP contribution is 1.45. The minimum atomic E-state index is 0. The number of hydrogen-bond acceptors (Lipinski definition) is 1. The Balaban J connectivity index is -0.0000000135. The van der Waals surface area contributed by atoms with Crippen LogP contribution in [0.1, 0.15) is 55.9 Å². The second-order valence-corrected chi connectivity index (χ2v) is 0.806. The van der Waals surface area contributed by atoms with Crippen molar-refractivity contribution in [3.05, 3.63) is 0 Å². The molecule has 0 aromatic carbocycles. The van der Waals surface area contributed by atoms with Crippen LogP contribution in [0.4, 0.5) is 4.70 Å². The zero-order valence-electron chi connectivity index (χ0n) is 9.82. The van der Waals surface area contributed by atoms with Crippen molar-refractivity contribution in [2.45, 2.75) is 55.9 Å². The van der Waals surface area contributed by atoms with Gasteiger partial charge in [-0.05, 0) is 0 Å². The van der Waals surface area contributed by atoms with E-state index in [1.54, 1.807) is 7.05 Å². The summed E-state index contributed by atoms with van der Waals surface area (Å²) in [4.78, 5) is 9.70. The van der Waals surface area contributed by atoms with Gasteiger partial charge in [-0.2, -0.15) is 0 Å². The van der Waals surface area contributed by atoms with Gasteiger partial charge in [0.2, 0.25) is 5.91 Å². The van der Waals surface area contributed by atoms with Crippen LogP contribution in [0.2, 0.25) is 0 Å². The van der Waals surface area contributed by atoms with E-state index in [0.717, 1.165) is 0 Å². The lowest BCUT2D eigenvalue weighted by Crippen LogP contribution is -2.11. The Labute approximate surface area is 84.5 Å². The van der Waals surface area contributed by atoms with E-state index in [-0.39, 0.29) is 18.0 Å². The molecule has 0 saturated carbocycles. The number of hydrogen-bond donors (Lipinski definition) is 1. The molecule has 3 heteroatoms. The number of rotatable bonds is 0. The van der Waals surface area contributed by atoms with E-state index in [1.807, 2.05) is 41.5 Å². The van der Waals surface area contributed by atoms with Gasteiger partial charge in [-0.3, -0.25) is 9.50 Å². The van der Waals surface area contributed by atoms with Crippen molar-refractivity contribution in [3.63, 3.8) is 0 Å². The van der Waals surface area contributed by atoms with E-state index < -0.39 is 0 Å². The molecule has 0 radical (unpaired) electrons. The van der Waals surface area contributed by atoms with Crippen LogP contribution >= 0.6 is 0 Å². The molecule has 0 aliphatic heterocycles. The van der Waals surface area contributed by atoms with E-state index in [9.17, 15) is 4.79 Å². The third kappa shape index (κ3) is 514. The number of halogens is 1. The van der Waals surface area contributed by atoms with Gasteiger partial charge in [0.25, 0.3) is 0 Å². The summed E-state index contributed by atoms with van der Waals surface area (Å²) in [6, 6.07) is 0. The van der Waals surface area contributed by atoms with Crippen molar-refractivity contribution in [2.24, 2.45) is 0 Å². The monoisotopic (exact) mass is 199 g/mol. The molecule has 0 heterocycles. The van der Waals surface area contributed by atoms with Gasteiger partial charge in [-0.15, -0.1) is 0 Å². The molecule has 0 bridgehead atoms. The van der Waals surface area contributed by atoms with E-state index in [1.165, 1.54) is 6.92 Å². The fraction of sp³-hybridized carbons (Fsp3) is 0.900. The number of carbonyl (C=O) groups excluding carboxylic acids is 1. The maximum atomic E-state index is 9.70. The zero-order valence-corrected chi connectivity index (χ0v) is 9.82. The van der Waals surface area contributed by atoms with Crippen LogP contribution in [0.3, 0.4) is 0 Å². The topological polar surface area (TPSA) is 29.1 Å². The number of carbonyl (C=O) groups is 1. The molecule has 13 heavy (non-hydrogen) atoms. The van der Waals surface area contributed by atoms with Gasteiger partial charge < -0.3 is 5.32 Å². The maximum absolute atomic E-state index is 9.70. The van der Waals surface area contributed by atoms with Crippen molar-refractivity contribution >= 4 is 5.91 Å². The third-order valence-electron chi connectivity index (χ3n) is 0.352. The van der Waals surface area contributed by atoms with Crippen molar-refractivity contribution < 1.29 is 9.50 Å². The summed E-state index contributed by atoms with van der Waals surface area (Å²) in [6.07, 6.45) is 0. The molecule has 0 rings (SSSR count). The highest BCUT2D eigenvalue weighted by molar-refractivity contribution is 5.72. The molecule has 0 spiro atoms. The molecule has 0 aliphatic rings. The molecule has 0 fully saturated rings. The van der Waals surface area contributed by atoms with Crippen molar-refractivity contribution in [1.29, 1.82) is 0 Å². The predicted octanol–water partition coefficient (Wildman–Crippen LogP) is 3.62. The first-order valence-electron chi connectivity index (χ1n) is 4.45. The van der Waals surface area contributed by atoms with Crippen LogP contribution in [0.15, 0.2) is 0 Å². The summed E-state index contributed by atoms with van der Waals surface area (Å²) in [6.45, 7) is 13.5. The van der Waals surface area contributed by atoms with Gasteiger partial charge in [-0.1, -0.05) is 49.0 Å². The van der Waals surface area contributed by atoms with E-state index >= 15 is 0 Å². The smallest absolute Gasteiger partial charge is 0.216 e. The average molecular weight is 199 g/mol. The summed E-state index contributed by atoms with van der Waals surface area (Å²) >= 11 is 0. The van der Waals surface area contributed by atoms with Gasteiger partial charge in [-0.25, -0.2) is 0 Å². The Bertz CT molecular complexity index is 50.2. The SMILES string of the molecule is C.CC.CC.CC.CNC(C)=O.F. The van der Waals surface area contributed by atoms with Gasteiger partial charge in [0.1, 0.15) is 0 Å². The summed E-state index contributed by atoms with van der Waals surface area (Å²) in [5, 5.41) is 2.39. The molecule has 0 aliphatic carbocycles. The highest BCUT2D eigenvalue weighted by atomic mass is 19.0. The summed E-state index contributed by atoms with van der Waals surface area (Å²) in [7, 11) is 1.60. The molecule has 0 aromatic rings. The minimum absolute atomic E-state index is 0. The molecule has 0 unspecified atom stereocenters. The van der Waals surface area contributed by atoms with Gasteiger partial charge in [0.15, 0.2) is 0 Å². The Morgan fingerprint density at radius 3 is 1.00 bits per heavy atom. The Morgan fingerprint density at radius 1 is 0.923 bits per heavy atom. The predicted molar refractivity (Wildman–Crippen MR) is 63.0 cm³/mol. The van der Waals surface area contributed by atoms with Crippen LogP contribution in [-0.2, 0) is 4.79 Å². The summed E-state index contributed by atoms with van der Waals surface area (Å²) in [5.41, 5.74) is 0. The first-order chi connectivity index (χ1) is 5.27. The van der Waals surface area contributed by atoms with Gasteiger partial charge in [0.05, 0.1) is 0 Å². The molecular weight excluding hydrogens is 169 g/mol. The molecule has 0 aromatic heterocycles. The minimum Gasteiger partial charge on any atom is -0.359 e. The lowest BCUT2D eigenvalue weighted by Gasteiger charge is -1.80. The van der Waals surface area contributed by atoms with Gasteiger partial charge in [0, 0.05) is 14.0 Å². The van der Waals surface area contributed by atoms with Crippen LogP contribution in [0, 0.1) is 0 Å². The molecule has 88 valence electrons. The largest absolute Gasteiger partial charge is 0.359 e. The Kier molecular flexibility index (Phi) is 323. The van der Waals surface area contributed by atoms with E-state index in [0.29, 0.717) is 0 Å². The Morgan fingerprint density at radius 2 is 1.00 bits per heavy atom. The molecule has 1 amide bonds.